The quantitative estimate of drug-likeness (QED) is 0.680. The fourth-order valence-electron chi connectivity index (χ4n) is 2.67. The molecule has 1 aromatic carbocycles. The highest BCUT2D eigenvalue weighted by atomic mass is 16.4. The number of piperidine rings is 1. The average molecular weight is 243 g/mol. The topological polar surface area (TPSA) is 57.6 Å². The number of carboxylic acids is 1. The molecule has 1 aromatic rings. The molecule has 1 unspecified atom stereocenters. The highest BCUT2D eigenvalue weighted by Crippen LogP contribution is 2.23. The molecule has 4 nitrogen and oxygen atoms in total. The van der Waals surface area contributed by atoms with Gasteiger partial charge in [0.25, 0.3) is 0 Å². The van der Waals surface area contributed by atoms with Crippen molar-refractivity contribution in [3.8, 4) is 0 Å². The molecule has 3 rings (SSSR count). The largest absolute Gasteiger partial charge is 0.481 e. The summed E-state index contributed by atoms with van der Waals surface area (Å²) in [6.45, 7) is 1.31. The van der Waals surface area contributed by atoms with Crippen molar-refractivity contribution in [2.45, 2.75) is 6.42 Å². The highest BCUT2D eigenvalue weighted by Gasteiger charge is 2.36. The highest BCUT2D eigenvalue weighted by molar-refractivity contribution is 6.22. The molecular formula is C14H13NO3. The van der Waals surface area contributed by atoms with Crippen LogP contribution < -0.4 is 10.4 Å². The van der Waals surface area contributed by atoms with Gasteiger partial charge in [0.15, 0.2) is 5.78 Å². The summed E-state index contributed by atoms with van der Waals surface area (Å²) >= 11 is 0. The van der Waals surface area contributed by atoms with E-state index in [0.717, 1.165) is 10.4 Å². The van der Waals surface area contributed by atoms with Crippen LogP contribution in [0, 0.1) is 5.92 Å². The summed E-state index contributed by atoms with van der Waals surface area (Å²) in [5.74, 6) is -2.16. The Morgan fingerprint density at radius 1 is 1.33 bits per heavy atom. The first-order chi connectivity index (χ1) is 8.68. The Morgan fingerprint density at radius 3 is 2.89 bits per heavy atom. The first-order valence-electron chi connectivity index (χ1n) is 6.00. The number of hydrogen-bond donors (Lipinski definition) is 1. The molecule has 18 heavy (non-hydrogen) atoms. The van der Waals surface area contributed by atoms with E-state index in [1.54, 1.807) is 0 Å². The zero-order valence-electron chi connectivity index (χ0n) is 9.80. The van der Waals surface area contributed by atoms with Gasteiger partial charge in [-0.15, -0.1) is 0 Å². The standard InChI is InChI=1S/C14H13NO3/c16-13-11(14(17)18)6-8-15-7-5-9-3-1-2-4-10(9)12(13)15/h1-5,11H,6-8H2,(H,17,18). The minimum Gasteiger partial charge on any atom is -0.481 e. The Kier molecular flexibility index (Phi) is 2.44. The van der Waals surface area contributed by atoms with Crippen molar-refractivity contribution in [1.82, 2.24) is 4.90 Å². The molecule has 2 aliphatic heterocycles. The van der Waals surface area contributed by atoms with Gasteiger partial charge in [0, 0.05) is 18.3 Å². The van der Waals surface area contributed by atoms with Crippen molar-refractivity contribution in [2.75, 3.05) is 13.1 Å². The minimum atomic E-state index is -1.01. The van der Waals surface area contributed by atoms with E-state index in [0.29, 0.717) is 25.2 Å². The lowest BCUT2D eigenvalue weighted by atomic mass is 9.90. The Balaban J connectivity index is 2.23. The lowest BCUT2D eigenvalue weighted by Crippen LogP contribution is -2.49. The molecule has 4 heteroatoms. The van der Waals surface area contributed by atoms with Crippen LogP contribution in [0.2, 0.25) is 0 Å². The number of fused-ring (bicyclic) bond motifs is 2. The van der Waals surface area contributed by atoms with Crippen LogP contribution in [-0.2, 0) is 9.59 Å². The van der Waals surface area contributed by atoms with E-state index >= 15 is 0 Å². The number of carbonyl (C=O) groups is 2. The molecule has 0 amide bonds. The molecule has 1 atom stereocenters. The summed E-state index contributed by atoms with van der Waals surface area (Å²) in [6, 6.07) is 7.64. The monoisotopic (exact) mass is 243 g/mol. The van der Waals surface area contributed by atoms with Gasteiger partial charge in [0.2, 0.25) is 0 Å². The number of aliphatic carboxylic acids is 1. The van der Waals surface area contributed by atoms with Gasteiger partial charge in [0.1, 0.15) is 5.92 Å². The van der Waals surface area contributed by atoms with Gasteiger partial charge in [-0.1, -0.05) is 30.3 Å². The molecule has 92 valence electrons. The second-order valence-electron chi connectivity index (χ2n) is 4.63. The molecule has 2 heterocycles. The van der Waals surface area contributed by atoms with E-state index in [1.165, 1.54) is 0 Å². The van der Waals surface area contributed by atoms with Gasteiger partial charge in [-0.25, -0.2) is 0 Å². The number of nitrogens with zero attached hydrogens (tertiary/aromatic N) is 1. The molecule has 0 aliphatic carbocycles. The molecule has 0 spiro atoms. The van der Waals surface area contributed by atoms with Crippen LogP contribution in [-0.4, -0.2) is 34.8 Å². The maximum atomic E-state index is 12.3. The molecule has 0 bridgehead atoms. The van der Waals surface area contributed by atoms with Crippen molar-refractivity contribution in [1.29, 1.82) is 0 Å². The van der Waals surface area contributed by atoms with Gasteiger partial charge in [-0.3, -0.25) is 9.59 Å². The number of carbonyl (C=O) groups excluding carboxylic acids is 1. The van der Waals surface area contributed by atoms with Gasteiger partial charge in [0.05, 0.1) is 5.70 Å². The zero-order chi connectivity index (χ0) is 12.7. The molecular weight excluding hydrogens is 230 g/mol. The van der Waals surface area contributed by atoms with Crippen molar-refractivity contribution >= 4 is 23.5 Å². The van der Waals surface area contributed by atoms with Crippen molar-refractivity contribution in [3.63, 3.8) is 0 Å². The Labute approximate surface area is 104 Å². The van der Waals surface area contributed by atoms with Crippen LogP contribution in [0.5, 0.6) is 0 Å². The summed E-state index contributed by atoms with van der Waals surface area (Å²) in [5, 5.41) is 11.0. The van der Waals surface area contributed by atoms with E-state index in [9.17, 15) is 9.59 Å². The van der Waals surface area contributed by atoms with E-state index in [1.807, 2.05) is 29.2 Å². The summed E-state index contributed by atoms with van der Waals surface area (Å²) in [7, 11) is 0. The SMILES string of the molecule is O=C(O)C1CCN2CC=c3ccccc3=C2C1=O. The first-order valence-corrected chi connectivity index (χ1v) is 6.00. The van der Waals surface area contributed by atoms with Crippen molar-refractivity contribution < 1.29 is 14.7 Å². The van der Waals surface area contributed by atoms with Gasteiger partial charge < -0.3 is 10.0 Å². The number of rotatable bonds is 1. The number of hydrogen-bond acceptors (Lipinski definition) is 3. The van der Waals surface area contributed by atoms with E-state index in [-0.39, 0.29) is 5.78 Å². The maximum Gasteiger partial charge on any atom is 0.314 e. The van der Waals surface area contributed by atoms with Gasteiger partial charge >= 0.3 is 5.97 Å². The predicted octanol–water partition coefficient (Wildman–Crippen LogP) is -0.436. The van der Waals surface area contributed by atoms with E-state index in [2.05, 4.69) is 6.08 Å². The second kappa shape index (κ2) is 3.98. The predicted molar refractivity (Wildman–Crippen MR) is 65.9 cm³/mol. The Bertz CT molecular complexity index is 647. The summed E-state index contributed by atoms with van der Waals surface area (Å²) in [6.07, 6.45) is 2.47. The molecule has 0 saturated carbocycles. The van der Waals surface area contributed by atoms with Crippen LogP contribution in [0.3, 0.4) is 0 Å². The van der Waals surface area contributed by atoms with Gasteiger partial charge in [-0.2, -0.15) is 0 Å². The lowest BCUT2D eigenvalue weighted by Gasteiger charge is -2.34. The van der Waals surface area contributed by atoms with Crippen molar-refractivity contribution in [3.05, 3.63) is 34.7 Å². The number of ketones is 1. The normalized spacial score (nSPS) is 22.0. The first kappa shape index (κ1) is 11.0. The third-order valence-electron chi connectivity index (χ3n) is 3.60. The fourth-order valence-corrected chi connectivity index (χ4v) is 2.67. The lowest BCUT2D eigenvalue weighted by molar-refractivity contribution is -0.146. The fraction of sp³-hybridized carbons (Fsp3) is 0.286. The van der Waals surface area contributed by atoms with Crippen LogP contribution in [0.25, 0.3) is 11.8 Å². The molecule has 0 aromatic heterocycles. The molecule has 1 fully saturated rings. The number of Topliss-reactive ketones (excluding diaryl/α,β-unsaturated/α-hetero) is 1. The third kappa shape index (κ3) is 1.53. The van der Waals surface area contributed by atoms with Gasteiger partial charge in [-0.05, 0) is 11.6 Å². The second-order valence-corrected chi connectivity index (χ2v) is 4.63. The van der Waals surface area contributed by atoms with Crippen LogP contribution in [0.1, 0.15) is 6.42 Å². The van der Waals surface area contributed by atoms with Crippen LogP contribution in [0.4, 0.5) is 0 Å². The smallest absolute Gasteiger partial charge is 0.314 e. The van der Waals surface area contributed by atoms with Crippen molar-refractivity contribution in [2.24, 2.45) is 5.92 Å². The van der Waals surface area contributed by atoms with Crippen LogP contribution >= 0.6 is 0 Å². The molecule has 2 aliphatic rings. The van der Waals surface area contributed by atoms with Crippen LogP contribution in [0.15, 0.2) is 24.3 Å². The summed E-state index contributed by atoms with van der Waals surface area (Å²) in [5.41, 5.74) is 0.576. The summed E-state index contributed by atoms with van der Waals surface area (Å²) < 4.78 is 0. The average Bonchev–Trinajstić information content (AvgIpc) is 2.38. The Hall–Kier alpha value is -2.10. The minimum absolute atomic E-state index is 0.255. The Morgan fingerprint density at radius 2 is 2.11 bits per heavy atom. The number of benzene rings is 1. The molecule has 0 radical (unpaired) electrons. The summed E-state index contributed by atoms with van der Waals surface area (Å²) in [4.78, 5) is 25.4. The maximum absolute atomic E-state index is 12.3. The number of carboxylic acid groups (broad SMARTS) is 1. The van der Waals surface area contributed by atoms with E-state index in [4.69, 9.17) is 5.11 Å². The zero-order valence-corrected chi connectivity index (χ0v) is 9.80. The van der Waals surface area contributed by atoms with E-state index < -0.39 is 11.9 Å². The third-order valence-corrected chi connectivity index (χ3v) is 3.60. The molecule has 1 N–H and O–H groups in total. The molecule has 1 saturated heterocycles.